The van der Waals surface area contributed by atoms with E-state index < -0.39 is 0 Å². The summed E-state index contributed by atoms with van der Waals surface area (Å²) >= 11 is 0. The van der Waals surface area contributed by atoms with Gasteiger partial charge >= 0.3 is 0 Å². The molecule has 0 radical (unpaired) electrons. The van der Waals surface area contributed by atoms with Crippen molar-refractivity contribution in [1.82, 2.24) is 10.3 Å². The molecule has 2 aromatic rings. The van der Waals surface area contributed by atoms with Crippen molar-refractivity contribution in [2.75, 3.05) is 7.11 Å². The number of hydrogen-bond acceptors (Lipinski definition) is 3. The number of pyridine rings is 1. The Bertz CT molecular complexity index is 555. The molecule has 0 fully saturated rings. The van der Waals surface area contributed by atoms with E-state index in [-0.39, 0.29) is 5.91 Å². The first kappa shape index (κ1) is 14.1. The Morgan fingerprint density at radius 3 is 2.75 bits per heavy atom. The molecule has 0 aliphatic carbocycles. The molecular formula is C16H18N2O2. The molecule has 0 unspecified atom stereocenters. The largest absolute Gasteiger partial charge is 0.496 e. The predicted octanol–water partition coefficient (Wildman–Crippen LogP) is 2.34. The minimum Gasteiger partial charge on any atom is -0.496 e. The molecule has 0 aliphatic rings. The molecule has 20 heavy (non-hydrogen) atoms. The lowest BCUT2D eigenvalue weighted by atomic mass is 10.1. The highest BCUT2D eigenvalue weighted by atomic mass is 16.5. The third-order valence-corrected chi connectivity index (χ3v) is 3.01. The van der Waals surface area contributed by atoms with Gasteiger partial charge in [-0.15, -0.1) is 0 Å². The van der Waals surface area contributed by atoms with E-state index >= 15 is 0 Å². The molecule has 4 nitrogen and oxygen atoms in total. The molecule has 0 saturated heterocycles. The zero-order chi connectivity index (χ0) is 14.2. The molecule has 1 aromatic heterocycles. The highest BCUT2D eigenvalue weighted by molar-refractivity contribution is 5.76. The van der Waals surface area contributed by atoms with Gasteiger partial charge in [0.25, 0.3) is 0 Å². The number of methoxy groups -OCH3 is 1. The highest BCUT2D eigenvalue weighted by Crippen LogP contribution is 2.18. The number of amides is 1. The fraction of sp³-hybridized carbons (Fsp3) is 0.250. The third-order valence-electron chi connectivity index (χ3n) is 3.01. The molecule has 1 amide bonds. The average molecular weight is 270 g/mol. The molecule has 4 heteroatoms. The van der Waals surface area contributed by atoms with Crippen LogP contribution >= 0.6 is 0 Å². The van der Waals surface area contributed by atoms with Gasteiger partial charge in [0.1, 0.15) is 5.75 Å². The normalized spacial score (nSPS) is 10.1. The van der Waals surface area contributed by atoms with E-state index in [1.54, 1.807) is 13.3 Å². The molecule has 1 N–H and O–H groups in total. The number of aromatic nitrogens is 1. The second kappa shape index (κ2) is 7.28. The molecule has 2 rings (SSSR count). The van der Waals surface area contributed by atoms with Crippen molar-refractivity contribution in [3.05, 3.63) is 59.9 Å². The Labute approximate surface area is 118 Å². The number of para-hydroxylation sites is 1. The van der Waals surface area contributed by atoms with Crippen molar-refractivity contribution < 1.29 is 9.53 Å². The van der Waals surface area contributed by atoms with E-state index in [2.05, 4.69) is 10.3 Å². The molecule has 0 saturated carbocycles. The number of nitrogens with zero attached hydrogens (tertiary/aromatic N) is 1. The Hall–Kier alpha value is -2.36. The lowest BCUT2D eigenvalue weighted by molar-refractivity contribution is -0.121. The number of ether oxygens (including phenoxy) is 1. The van der Waals surface area contributed by atoms with Gasteiger partial charge in [-0.05, 0) is 30.2 Å². The monoisotopic (exact) mass is 270 g/mol. The number of carbonyl (C=O) groups excluding carboxylic acids is 1. The summed E-state index contributed by atoms with van der Waals surface area (Å²) in [6.45, 7) is 0.464. The molecule has 0 aliphatic heterocycles. The van der Waals surface area contributed by atoms with Gasteiger partial charge in [-0.25, -0.2) is 0 Å². The summed E-state index contributed by atoms with van der Waals surface area (Å²) in [6.07, 6.45) is 2.82. The molecule has 1 heterocycles. The summed E-state index contributed by atoms with van der Waals surface area (Å²) in [7, 11) is 1.64. The first-order chi connectivity index (χ1) is 9.79. The fourth-order valence-electron chi connectivity index (χ4n) is 1.94. The molecule has 0 atom stereocenters. The minimum absolute atomic E-state index is 0.0153. The summed E-state index contributed by atoms with van der Waals surface area (Å²) in [5.41, 5.74) is 1.90. The van der Waals surface area contributed by atoms with Crippen molar-refractivity contribution in [3.8, 4) is 5.75 Å². The van der Waals surface area contributed by atoms with Crippen LogP contribution in [-0.2, 0) is 17.8 Å². The highest BCUT2D eigenvalue weighted by Gasteiger charge is 2.06. The zero-order valence-corrected chi connectivity index (χ0v) is 11.5. The van der Waals surface area contributed by atoms with Crippen LogP contribution in [0.4, 0.5) is 0 Å². The molecule has 104 valence electrons. The van der Waals surface area contributed by atoms with E-state index in [0.717, 1.165) is 17.0 Å². The Balaban J connectivity index is 1.80. The van der Waals surface area contributed by atoms with Gasteiger partial charge in [0.15, 0.2) is 0 Å². The van der Waals surface area contributed by atoms with E-state index in [1.807, 2.05) is 42.5 Å². The first-order valence-electron chi connectivity index (χ1n) is 6.58. The lowest BCUT2D eigenvalue weighted by Crippen LogP contribution is -2.23. The molecular weight excluding hydrogens is 252 g/mol. The van der Waals surface area contributed by atoms with Crippen LogP contribution in [0.25, 0.3) is 0 Å². The maximum absolute atomic E-state index is 11.8. The van der Waals surface area contributed by atoms with Crippen molar-refractivity contribution in [1.29, 1.82) is 0 Å². The summed E-state index contributed by atoms with van der Waals surface area (Å²) in [5, 5.41) is 2.86. The number of benzene rings is 1. The smallest absolute Gasteiger partial charge is 0.220 e. The van der Waals surface area contributed by atoms with Gasteiger partial charge in [-0.2, -0.15) is 0 Å². The Morgan fingerprint density at radius 2 is 2.00 bits per heavy atom. The average Bonchev–Trinajstić information content (AvgIpc) is 2.52. The quantitative estimate of drug-likeness (QED) is 0.876. The number of carbonyl (C=O) groups is 1. The van der Waals surface area contributed by atoms with Crippen LogP contribution in [0.2, 0.25) is 0 Å². The summed E-state index contributed by atoms with van der Waals surface area (Å²) in [5.74, 6) is 0.839. The lowest BCUT2D eigenvalue weighted by Gasteiger charge is -2.08. The van der Waals surface area contributed by atoms with Gasteiger partial charge in [-0.3, -0.25) is 9.78 Å². The predicted molar refractivity (Wildman–Crippen MR) is 77.4 cm³/mol. The standard InChI is InChI=1S/C16H18N2O2/c1-20-15-8-3-2-6-13(15)9-10-16(19)18-12-14-7-4-5-11-17-14/h2-8,11H,9-10,12H2,1H3,(H,18,19). The SMILES string of the molecule is COc1ccccc1CCC(=O)NCc1ccccn1. The van der Waals surface area contributed by atoms with Crippen molar-refractivity contribution in [2.45, 2.75) is 19.4 Å². The van der Waals surface area contributed by atoms with E-state index in [9.17, 15) is 4.79 Å². The number of aryl methyl sites for hydroxylation is 1. The van der Waals surface area contributed by atoms with Crippen LogP contribution in [-0.4, -0.2) is 18.0 Å². The third kappa shape index (κ3) is 4.09. The topological polar surface area (TPSA) is 51.2 Å². The second-order valence-electron chi connectivity index (χ2n) is 4.41. The fourth-order valence-corrected chi connectivity index (χ4v) is 1.94. The van der Waals surface area contributed by atoms with E-state index in [1.165, 1.54) is 0 Å². The molecule has 0 spiro atoms. The molecule has 1 aromatic carbocycles. The maximum atomic E-state index is 11.8. The van der Waals surface area contributed by atoms with Gasteiger partial charge < -0.3 is 10.1 Å². The van der Waals surface area contributed by atoms with Crippen LogP contribution < -0.4 is 10.1 Å². The first-order valence-corrected chi connectivity index (χ1v) is 6.58. The van der Waals surface area contributed by atoms with Crippen LogP contribution in [0.5, 0.6) is 5.75 Å². The summed E-state index contributed by atoms with van der Waals surface area (Å²) < 4.78 is 5.27. The van der Waals surface area contributed by atoms with E-state index in [4.69, 9.17) is 4.74 Å². The van der Waals surface area contributed by atoms with Crippen LogP contribution in [0.15, 0.2) is 48.7 Å². The van der Waals surface area contributed by atoms with Crippen molar-refractivity contribution in [2.24, 2.45) is 0 Å². The van der Waals surface area contributed by atoms with Gasteiger partial charge in [0.05, 0.1) is 19.3 Å². The van der Waals surface area contributed by atoms with Crippen molar-refractivity contribution >= 4 is 5.91 Å². The molecule has 0 bridgehead atoms. The van der Waals surface area contributed by atoms with Gasteiger partial charge in [0, 0.05) is 12.6 Å². The second-order valence-corrected chi connectivity index (χ2v) is 4.41. The Morgan fingerprint density at radius 1 is 1.20 bits per heavy atom. The number of nitrogens with one attached hydrogen (secondary N) is 1. The van der Waals surface area contributed by atoms with Crippen LogP contribution in [0, 0.1) is 0 Å². The Kier molecular flexibility index (Phi) is 5.12. The van der Waals surface area contributed by atoms with E-state index in [0.29, 0.717) is 19.4 Å². The van der Waals surface area contributed by atoms with Crippen LogP contribution in [0.1, 0.15) is 17.7 Å². The number of hydrogen-bond donors (Lipinski definition) is 1. The van der Waals surface area contributed by atoms with Gasteiger partial charge in [-0.1, -0.05) is 24.3 Å². The van der Waals surface area contributed by atoms with Crippen molar-refractivity contribution in [3.63, 3.8) is 0 Å². The maximum Gasteiger partial charge on any atom is 0.220 e. The zero-order valence-electron chi connectivity index (χ0n) is 11.5. The van der Waals surface area contributed by atoms with Crippen LogP contribution in [0.3, 0.4) is 0 Å². The number of rotatable bonds is 6. The minimum atomic E-state index is 0.0153. The summed E-state index contributed by atoms with van der Waals surface area (Å²) in [4.78, 5) is 16.0. The van der Waals surface area contributed by atoms with Gasteiger partial charge in [0.2, 0.25) is 5.91 Å². The summed E-state index contributed by atoms with van der Waals surface area (Å²) in [6, 6.07) is 13.4.